The molecule has 9 heteroatoms. The van der Waals surface area contributed by atoms with Gasteiger partial charge in [0.1, 0.15) is 0 Å². The molecule has 1 aromatic carbocycles. The van der Waals surface area contributed by atoms with E-state index in [4.69, 9.17) is 0 Å². The molecule has 5 rings (SSSR count). The molecule has 0 spiro atoms. The lowest BCUT2D eigenvalue weighted by Crippen LogP contribution is -2.57. The van der Waals surface area contributed by atoms with Gasteiger partial charge >= 0.3 is 0 Å². The number of anilines is 1. The minimum atomic E-state index is -3.27. The number of carbonyl (C=O) groups excluding carboxylic acids is 1. The van der Waals surface area contributed by atoms with Gasteiger partial charge < -0.3 is 10.2 Å². The van der Waals surface area contributed by atoms with Crippen LogP contribution in [0.25, 0.3) is 0 Å². The number of fused-ring (bicyclic) bond motifs is 3. The van der Waals surface area contributed by atoms with Crippen LogP contribution in [-0.4, -0.2) is 51.2 Å². The molecule has 0 radical (unpaired) electrons. The van der Waals surface area contributed by atoms with Crippen molar-refractivity contribution in [2.24, 2.45) is 5.92 Å². The Morgan fingerprint density at radius 3 is 2.46 bits per heavy atom. The van der Waals surface area contributed by atoms with E-state index in [0.29, 0.717) is 11.6 Å². The zero-order chi connectivity index (χ0) is 19.7. The lowest BCUT2D eigenvalue weighted by Gasteiger charge is -2.44. The molecule has 0 saturated carbocycles. The number of nitrogens with zero attached hydrogens (tertiary/aromatic N) is 1. The van der Waals surface area contributed by atoms with Crippen molar-refractivity contribution in [1.82, 2.24) is 10.2 Å². The molecule has 1 amide bonds. The molecule has 1 unspecified atom stereocenters. The van der Waals surface area contributed by atoms with Crippen LogP contribution in [0.4, 0.5) is 5.69 Å². The average molecular weight is 438 g/mol. The number of nitrogens with one attached hydrogen (secondary N) is 2. The first-order chi connectivity index (χ1) is 13.4. The second kappa shape index (κ2) is 8.06. The number of rotatable bonds is 6. The Balaban J connectivity index is 1.35. The van der Waals surface area contributed by atoms with Gasteiger partial charge in [-0.3, -0.25) is 9.52 Å². The summed E-state index contributed by atoms with van der Waals surface area (Å²) in [5.41, 5.74) is 0.538. The molecule has 4 heterocycles. The highest BCUT2D eigenvalue weighted by atomic mass is 32.2. The quantitative estimate of drug-likeness (QED) is 0.726. The van der Waals surface area contributed by atoms with Crippen LogP contribution >= 0.6 is 23.1 Å². The van der Waals surface area contributed by atoms with Crippen LogP contribution in [0.5, 0.6) is 0 Å². The molecule has 3 fully saturated rings. The first kappa shape index (κ1) is 19.8. The molecular weight excluding hydrogens is 414 g/mol. The Kier molecular flexibility index (Phi) is 5.69. The van der Waals surface area contributed by atoms with E-state index in [1.54, 1.807) is 23.9 Å². The molecule has 3 aliphatic rings. The zero-order valence-electron chi connectivity index (χ0n) is 15.6. The largest absolute Gasteiger partial charge is 0.347 e. The van der Waals surface area contributed by atoms with Crippen LogP contribution in [-0.2, 0) is 10.0 Å². The number of benzene rings is 1. The van der Waals surface area contributed by atoms with Crippen LogP contribution in [0.2, 0.25) is 0 Å². The molecule has 0 aliphatic carbocycles. The number of hydrogen-bond donors (Lipinski definition) is 2. The Hall–Kier alpha value is -1.55. The summed E-state index contributed by atoms with van der Waals surface area (Å²) in [6.45, 7) is 3.29. The van der Waals surface area contributed by atoms with E-state index in [1.165, 1.54) is 24.2 Å². The Labute approximate surface area is 173 Å². The summed E-state index contributed by atoms with van der Waals surface area (Å²) < 4.78 is 26.0. The van der Waals surface area contributed by atoms with Crippen LogP contribution < -0.4 is 10.0 Å². The van der Waals surface area contributed by atoms with E-state index in [0.717, 1.165) is 39.9 Å². The summed E-state index contributed by atoms with van der Waals surface area (Å²) >= 11 is 3.05. The predicted molar refractivity (Wildman–Crippen MR) is 114 cm³/mol. The highest BCUT2D eigenvalue weighted by Gasteiger charge is 2.35. The molecule has 1 aromatic heterocycles. The van der Waals surface area contributed by atoms with Crippen molar-refractivity contribution in [3.05, 3.63) is 41.3 Å². The number of carbonyl (C=O) groups is 1. The lowest BCUT2D eigenvalue weighted by molar-refractivity contribution is 0.0622. The number of piperidine rings is 3. The standard InChI is InChI=1S/C19H23N3O3S3/c1-28(24,25)21-14-2-4-15(5-3-14)26-18-7-6-17(27-18)19(23)20-16-12-22-10-8-13(16)9-11-22/h2-7,13,16,21H,8-12H2,1H3,(H,20,23). The fourth-order valence-corrected chi connectivity index (χ4v) is 6.36. The Morgan fingerprint density at radius 1 is 1.14 bits per heavy atom. The van der Waals surface area contributed by atoms with E-state index in [9.17, 15) is 13.2 Å². The molecule has 1 atom stereocenters. The van der Waals surface area contributed by atoms with Crippen molar-refractivity contribution in [2.75, 3.05) is 30.6 Å². The van der Waals surface area contributed by atoms with Crippen molar-refractivity contribution in [3.8, 4) is 0 Å². The number of thiophene rings is 1. The summed E-state index contributed by atoms with van der Waals surface area (Å²) in [6.07, 6.45) is 3.49. The van der Waals surface area contributed by atoms with Gasteiger partial charge in [-0.2, -0.15) is 0 Å². The molecule has 3 saturated heterocycles. The molecule has 2 bridgehead atoms. The zero-order valence-corrected chi connectivity index (χ0v) is 18.0. The molecule has 150 valence electrons. The molecule has 6 nitrogen and oxygen atoms in total. The maximum Gasteiger partial charge on any atom is 0.261 e. The van der Waals surface area contributed by atoms with E-state index < -0.39 is 10.0 Å². The number of sulfonamides is 1. The fourth-order valence-electron chi connectivity index (χ4n) is 3.79. The minimum absolute atomic E-state index is 0.0169. The van der Waals surface area contributed by atoms with Crippen molar-refractivity contribution < 1.29 is 13.2 Å². The average Bonchev–Trinajstić information content (AvgIpc) is 3.12. The highest BCUT2D eigenvalue weighted by molar-refractivity contribution is 8.01. The number of hydrogen-bond acceptors (Lipinski definition) is 6. The summed E-state index contributed by atoms with van der Waals surface area (Å²) in [7, 11) is -3.27. The van der Waals surface area contributed by atoms with Gasteiger partial charge in [-0.05, 0) is 68.2 Å². The van der Waals surface area contributed by atoms with Crippen LogP contribution in [0.1, 0.15) is 22.5 Å². The second-order valence-corrected chi connectivity index (χ2v) is 11.5. The van der Waals surface area contributed by atoms with Crippen molar-refractivity contribution in [3.63, 3.8) is 0 Å². The first-order valence-corrected chi connectivity index (χ1v) is 12.8. The van der Waals surface area contributed by atoms with Gasteiger partial charge in [-0.25, -0.2) is 8.42 Å². The maximum atomic E-state index is 12.6. The molecule has 28 heavy (non-hydrogen) atoms. The topological polar surface area (TPSA) is 78.5 Å². The summed E-state index contributed by atoms with van der Waals surface area (Å²) in [5, 5.41) is 3.23. The molecule has 2 aromatic rings. The van der Waals surface area contributed by atoms with Gasteiger partial charge in [0, 0.05) is 23.2 Å². The van der Waals surface area contributed by atoms with Crippen LogP contribution in [0.15, 0.2) is 45.5 Å². The third-order valence-electron chi connectivity index (χ3n) is 5.15. The van der Waals surface area contributed by atoms with Gasteiger partial charge in [0.05, 0.1) is 15.3 Å². The van der Waals surface area contributed by atoms with Gasteiger partial charge in [0.2, 0.25) is 10.0 Å². The van der Waals surface area contributed by atoms with E-state index >= 15 is 0 Å². The van der Waals surface area contributed by atoms with Crippen molar-refractivity contribution >= 4 is 44.7 Å². The summed E-state index contributed by atoms with van der Waals surface area (Å²) in [5.74, 6) is 0.630. The highest BCUT2D eigenvalue weighted by Crippen LogP contribution is 2.34. The van der Waals surface area contributed by atoms with E-state index in [2.05, 4.69) is 14.9 Å². The summed E-state index contributed by atoms with van der Waals surface area (Å²) in [4.78, 5) is 16.8. The fraction of sp³-hybridized carbons (Fsp3) is 0.421. The normalized spacial score (nSPS) is 24.1. The van der Waals surface area contributed by atoms with E-state index in [1.807, 2.05) is 24.3 Å². The predicted octanol–water partition coefficient (Wildman–Crippen LogP) is 3.09. The van der Waals surface area contributed by atoms with Crippen LogP contribution in [0.3, 0.4) is 0 Å². The first-order valence-electron chi connectivity index (χ1n) is 9.24. The van der Waals surface area contributed by atoms with Crippen LogP contribution in [0, 0.1) is 5.92 Å². The minimum Gasteiger partial charge on any atom is -0.347 e. The molecule has 3 aliphatic heterocycles. The smallest absolute Gasteiger partial charge is 0.261 e. The summed E-state index contributed by atoms with van der Waals surface area (Å²) in [6, 6.07) is 11.3. The third-order valence-corrected chi connectivity index (χ3v) is 7.98. The molecule has 2 N–H and O–H groups in total. The number of amides is 1. The maximum absolute atomic E-state index is 12.6. The van der Waals surface area contributed by atoms with Crippen molar-refractivity contribution in [2.45, 2.75) is 28.0 Å². The third kappa shape index (κ3) is 4.89. The SMILES string of the molecule is CS(=O)(=O)Nc1ccc(Sc2ccc(C(=O)NC3CN4CCC3CC4)s2)cc1. The van der Waals surface area contributed by atoms with Gasteiger partial charge in [0.15, 0.2) is 0 Å². The molecular formula is C19H23N3O3S3. The second-order valence-electron chi connectivity index (χ2n) is 7.34. The Bertz CT molecular complexity index is 948. The Morgan fingerprint density at radius 2 is 1.86 bits per heavy atom. The van der Waals surface area contributed by atoms with Gasteiger partial charge in [0.25, 0.3) is 5.91 Å². The lowest BCUT2D eigenvalue weighted by atomic mass is 9.84. The van der Waals surface area contributed by atoms with E-state index in [-0.39, 0.29) is 11.9 Å². The van der Waals surface area contributed by atoms with Gasteiger partial charge in [-0.15, -0.1) is 11.3 Å². The van der Waals surface area contributed by atoms with Gasteiger partial charge in [-0.1, -0.05) is 11.8 Å². The van der Waals surface area contributed by atoms with Crippen molar-refractivity contribution in [1.29, 1.82) is 0 Å². The monoisotopic (exact) mass is 437 g/mol.